The predicted octanol–water partition coefficient (Wildman–Crippen LogP) is 0.585. The summed E-state index contributed by atoms with van der Waals surface area (Å²) in [6.07, 6.45) is 6.46. The number of nitrogens with zero attached hydrogens (tertiary/aromatic N) is 3. The first-order chi connectivity index (χ1) is 8.34. The Labute approximate surface area is 97.2 Å². The van der Waals surface area contributed by atoms with E-state index >= 15 is 0 Å². The molecule has 6 nitrogen and oxygen atoms in total. The van der Waals surface area contributed by atoms with Gasteiger partial charge in [0.05, 0.1) is 11.8 Å². The minimum Gasteiger partial charge on any atom is -0.370 e. The molecular weight excluding hydrogens is 218 g/mol. The fourth-order valence-electron chi connectivity index (χ4n) is 1.89. The van der Waals surface area contributed by atoms with Crippen molar-refractivity contribution >= 4 is 5.82 Å². The Bertz CT molecular complexity index is 593. The molecule has 1 aliphatic heterocycles. The average Bonchev–Trinajstić information content (AvgIpc) is 2.40. The fraction of sp³-hybridized carbons (Fsp3) is 0.273. The summed E-state index contributed by atoms with van der Waals surface area (Å²) in [7, 11) is 0. The van der Waals surface area contributed by atoms with Crippen molar-refractivity contribution in [1.82, 2.24) is 19.9 Å². The SMILES string of the molecule is O=c1[nH]c(-c2cnccn2)nc2c1CCCN2. The van der Waals surface area contributed by atoms with E-state index in [4.69, 9.17) is 0 Å². The maximum absolute atomic E-state index is 11.9. The first-order valence-electron chi connectivity index (χ1n) is 5.48. The lowest BCUT2D eigenvalue weighted by Gasteiger charge is -2.16. The Morgan fingerprint density at radius 3 is 3.06 bits per heavy atom. The number of anilines is 1. The van der Waals surface area contributed by atoms with Crippen LogP contribution in [0.1, 0.15) is 12.0 Å². The number of aromatic nitrogens is 4. The van der Waals surface area contributed by atoms with Crippen LogP contribution in [0.2, 0.25) is 0 Å². The third kappa shape index (κ3) is 1.77. The second-order valence-electron chi connectivity index (χ2n) is 3.86. The Hall–Kier alpha value is -2.24. The summed E-state index contributed by atoms with van der Waals surface area (Å²) >= 11 is 0. The molecule has 0 atom stereocenters. The van der Waals surface area contributed by atoms with Crippen LogP contribution in [-0.4, -0.2) is 26.5 Å². The third-order valence-electron chi connectivity index (χ3n) is 2.72. The molecule has 17 heavy (non-hydrogen) atoms. The van der Waals surface area contributed by atoms with Gasteiger partial charge in [-0.2, -0.15) is 0 Å². The number of rotatable bonds is 1. The first-order valence-corrected chi connectivity index (χ1v) is 5.48. The van der Waals surface area contributed by atoms with E-state index in [1.165, 1.54) is 0 Å². The molecule has 3 rings (SSSR count). The van der Waals surface area contributed by atoms with E-state index in [1.54, 1.807) is 18.6 Å². The number of H-pyrrole nitrogens is 1. The van der Waals surface area contributed by atoms with Gasteiger partial charge in [0.15, 0.2) is 5.82 Å². The minimum atomic E-state index is -0.0946. The molecule has 6 heteroatoms. The number of nitrogens with one attached hydrogen (secondary N) is 2. The number of fused-ring (bicyclic) bond motifs is 1. The van der Waals surface area contributed by atoms with Crippen molar-refractivity contribution in [3.63, 3.8) is 0 Å². The van der Waals surface area contributed by atoms with Crippen molar-refractivity contribution in [2.24, 2.45) is 0 Å². The van der Waals surface area contributed by atoms with Crippen molar-refractivity contribution in [2.45, 2.75) is 12.8 Å². The third-order valence-corrected chi connectivity index (χ3v) is 2.72. The van der Waals surface area contributed by atoms with Gasteiger partial charge in [0.1, 0.15) is 11.5 Å². The van der Waals surface area contributed by atoms with Gasteiger partial charge in [-0.15, -0.1) is 0 Å². The van der Waals surface area contributed by atoms with Crippen molar-refractivity contribution in [1.29, 1.82) is 0 Å². The molecule has 0 fully saturated rings. The van der Waals surface area contributed by atoms with Gasteiger partial charge in [0, 0.05) is 18.9 Å². The number of aromatic amines is 1. The molecule has 2 aromatic heterocycles. The molecule has 0 aromatic carbocycles. The lowest BCUT2D eigenvalue weighted by Crippen LogP contribution is -2.24. The van der Waals surface area contributed by atoms with Gasteiger partial charge in [-0.3, -0.25) is 9.78 Å². The van der Waals surface area contributed by atoms with E-state index < -0.39 is 0 Å². The van der Waals surface area contributed by atoms with Crippen molar-refractivity contribution in [3.05, 3.63) is 34.5 Å². The summed E-state index contributed by atoms with van der Waals surface area (Å²) < 4.78 is 0. The van der Waals surface area contributed by atoms with Crippen molar-refractivity contribution in [2.75, 3.05) is 11.9 Å². The van der Waals surface area contributed by atoms with E-state index in [-0.39, 0.29) is 5.56 Å². The lowest BCUT2D eigenvalue weighted by atomic mass is 10.1. The minimum absolute atomic E-state index is 0.0946. The molecule has 3 heterocycles. The van der Waals surface area contributed by atoms with E-state index in [0.717, 1.165) is 24.9 Å². The van der Waals surface area contributed by atoms with Crippen LogP contribution in [0.15, 0.2) is 23.4 Å². The summed E-state index contributed by atoms with van der Waals surface area (Å²) in [5.41, 5.74) is 1.20. The highest BCUT2D eigenvalue weighted by atomic mass is 16.1. The average molecular weight is 229 g/mol. The molecule has 0 unspecified atom stereocenters. The molecule has 86 valence electrons. The Kier molecular flexibility index (Phi) is 2.32. The molecule has 0 amide bonds. The van der Waals surface area contributed by atoms with Crippen molar-refractivity contribution < 1.29 is 0 Å². The second kappa shape index (κ2) is 3.97. The van der Waals surface area contributed by atoms with E-state index in [2.05, 4.69) is 25.3 Å². The Balaban J connectivity index is 2.14. The summed E-state index contributed by atoms with van der Waals surface area (Å²) in [5, 5.41) is 3.13. The molecule has 0 spiro atoms. The highest BCUT2D eigenvalue weighted by Gasteiger charge is 2.15. The van der Waals surface area contributed by atoms with Crippen LogP contribution in [-0.2, 0) is 6.42 Å². The summed E-state index contributed by atoms with van der Waals surface area (Å²) in [6, 6.07) is 0. The monoisotopic (exact) mass is 229 g/mol. The zero-order chi connectivity index (χ0) is 11.7. The van der Waals surface area contributed by atoms with Gasteiger partial charge in [-0.25, -0.2) is 9.97 Å². The lowest BCUT2D eigenvalue weighted by molar-refractivity contribution is 0.799. The molecule has 0 bridgehead atoms. The van der Waals surface area contributed by atoms with Crippen LogP contribution in [0.3, 0.4) is 0 Å². The van der Waals surface area contributed by atoms with Crippen LogP contribution in [0, 0.1) is 0 Å². The zero-order valence-corrected chi connectivity index (χ0v) is 9.10. The molecule has 0 saturated heterocycles. The molecule has 0 saturated carbocycles. The van der Waals surface area contributed by atoms with Crippen molar-refractivity contribution in [3.8, 4) is 11.5 Å². The van der Waals surface area contributed by atoms with Gasteiger partial charge in [-0.05, 0) is 12.8 Å². The van der Waals surface area contributed by atoms with Crippen LogP contribution < -0.4 is 10.9 Å². The summed E-state index contributed by atoms with van der Waals surface area (Å²) in [6.45, 7) is 0.851. The quantitative estimate of drug-likeness (QED) is 0.747. The van der Waals surface area contributed by atoms with Crippen LogP contribution in [0.25, 0.3) is 11.5 Å². The van der Waals surface area contributed by atoms with Crippen LogP contribution >= 0.6 is 0 Å². The number of hydrogen-bond acceptors (Lipinski definition) is 5. The fourth-order valence-corrected chi connectivity index (χ4v) is 1.89. The molecule has 0 aliphatic carbocycles. The normalized spacial score (nSPS) is 13.9. The van der Waals surface area contributed by atoms with Gasteiger partial charge in [0.2, 0.25) is 0 Å². The number of hydrogen-bond donors (Lipinski definition) is 2. The smallest absolute Gasteiger partial charge is 0.256 e. The Morgan fingerprint density at radius 2 is 2.24 bits per heavy atom. The molecule has 1 aliphatic rings. The van der Waals surface area contributed by atoms with Gasteiger partial charge in [0.25, 0.3) is 5.56 Å². The predicted molar refractivity (Wildman–Crippen MR) is 62.7 cm³/mol. The van der Waals surface area contributed by atoms with Gasteiger partial charge < -0.3 is 10.3 Å². The molecule has 2 N–H and O–H groups in total. The second-order valence-corrected chi connectivity index (χ2v) is 3.86. The summed E-state index contributed by atoms with van der Waals surface area (Å²) in [4.78, 5) is 27.1. The molecular formula is C11H11N5O. The van der Waals surface area contributed by atoms with E-state index in [1.807, 2.05) is 0 Å². The zero-order valence-electron chi connectivity index (χ0n) is 9.10. The molecule has 2 aromatic rings. The summed E-state index contributed by atoms with van der Waals surface area (Å²) in [5.74, 6) is 1.12. The van der Waals surface area contributed by atoms with Gasteiger partial charge in [-0.1, -0.05) is 0 Å². The van der Waals surface area contributed by atoms with Crippen LogP contribution in [0.4, 0.5) is 5.82 Å². The van der Waals surface area contributed by atoms with E-state index in [0.29, 0.717) is 17.3 Å². The standard InChI is InChI=1S/C11H11N5O/c17-11-7-2-1-3-14-9(7)15-10(16-11)8-6-12-4-5-13-8/h4-6H,1-3H2,(H2,14,15,16,17). The Morgan fingerprint density at radius 1 is 1.29 bits per heavy atom. The highest BCUT2D eigenvalue weighted by Crippen LogP contribution is 2.18. The topological polar surface area (TPSA) is 83.6 Å². The maximum Gasteiger partial charge on any atom is 0.256 e. The van der Waals surface area contributed by atoms with Gasteiger partial charge >= 0.3 is 0 Å². The van der Waals surface area contributed by atoms with Crippen LogP contribution in [0.5, 0.6) is 0 Å². The maximum atomic E-state index is 11.9. The largest absolute Gasteiger partial charge is 0.370 e. The first kappa shape index (κ1) is 9.95. The van der Waals surface area contributed by atoms with E-state index in [9.17, 15) is 4.79 Å². The molecule has 0 radical (unpaired) electrons. The highest BCUT2D eigenvalue weighted by molar-refractivity contribution is 5.54.